The number of halogens is 3. The van der Waals surface area contributed by atoms with Gasteiger partial charge in [0.15, 0.2) is 11.5 Å². The van der Waals surface area contributed by atoms with Crippen LogP contribution in [0.3, 0.4) is 0 Å². The van der Waals surface area contributed by atoms with Crippen molar-refractivity contribution in [2.45, 2.75) is 25.1 Å². The van der Waals surface area contributed by atoms with Crippen LogP contribution in [0, 0.1) is 5.92 Å². The molecule has 0 radical (unpaired) electrons. The van der Waals surface area contributed by atoms with Gasteiger partial charge >= 0.3 is 12.1 Å². The highest BCUT2D eigenvalue weighted by Crippen LogP contribution is 2.39. The monoisotopic (exact) mass is 407 g/mol. The number of hydrogen-bond donors (Lipinski definition) is 1. The number of nitrogens with zero attached hydrogens (tertiary/aromatic N) is 1. The van der Waals surface area contributed by atoms with Crippen LogP contribution in [0.25, 0.3) is 0 Å². The van der Waals surface area contributed by atoms with Gasteiger partial charge in [-0.3, -0.25) is 9.69 Å². The molecule has 1 saturated heterocycles. The Morgan fingerprint density at radius 1 is 1.00 bits per heavy atom. The third kappa shape index (κ3) is 4.03. The van der Waals surface area contributed by atoms with E-state index in [1.54, 1.807) is 6.07 Å². The maximum Gasteiger partial charge on any atom is 0.416 e. The third-order valence-electron chi connectivity index (χ3n) is 5.51. The zero-order valence-electron chi connectivity index (χ0n) is 15.5. The summed E-state index contributed by atoms with van der Waals surface area (Å²) in [5, 5.41) is 9.25. The topological polar surface area (TPSA) is 59.0 Å². The minimum Gasteiger partial charge on any atom is -0.481 e. The highest BCUT2D eigenvalue weighted by Gasteiger charge is 2.33. The van der Waals surface area contributed by atoms with E-state index in [1.807, 2.05) is 12.1 Å². The van der Waals surface area contributed by atoms with E-state index in [0.717, 1.165) is 17.7 Å². The fourth-order valence-electron chi connectivity index (χ4n) is 3.96. The van der Waals surface area contributed by atoms with Crippen LogP contribution in [0.2, 0.25) is 0 Å². The van der Waals surface area contributed by atoms with Crippen molar-refractivity contribution in [2.75, 3.05) is 19.9 Å². The largest absolute Gasteiger partial charge is 0.481 e. The number of alkyl halides is 3. The van der Waals surface area contributed by atoms with Crippen LogP contribution in [0.4, 0.5) is 13.2 Å². The predicted octanol–water partition coefficient (Wildman–Crippen LogP) is 4.32. The molecule has 0 spiro atoms. The van der Waals surface area contributed by atoms with Gasteiger partial charge in [0, 0.05) is 0 Å². The van der Waals surface area contributed by atoms with E-state index in [0.29, 0.717) is 43.0 Å². The summed E-state index contributed by atoms with van der Waals surface area (Å²) in [6, 6.07) is 10.3. The van der Waals surface area contributed by atoms with E-state index < -0.39 is 23.6 Å². The van der Waals surface area contributed by atoms with Gasteiger partial charge in [0.25, 0.3) is 0 Å². The quantitative estimate of drug-likeness (QED) is 0.818. The Balaban J connectivity index is 1.67. The zero-order valence-corrected chi connectivity index (χ0v) is 15.5. The lowest BCUT2D eigenvalue weighted by molar-refractivity contribution is -0.143. The molecular formula is C21H20F3NO4. The molecule has 2 aromatic carbocycles. The van der Waals surface area contributed by atoms with Gasteiger partial charge in [-0.05, 0) is 61.3 Å². The van der Waals surface area contributed by atoms with Gasteiger partial charge in [-0.25, -0.2) is 0 Å². The Hall–Kier alpha value is -2.74. The van der Waals surface area contributed by atoms with E-state index >= 15 is 0 Å². The summed E-state index contributed by atoms with van der Waals surface area (Å²) in [6.45, 7) is 1.21. The molecule has 8 heteroatoms. The van der Waals surface area contributed by atoms with Gasteiger partial charge in [-0.1, -0.05) is 18.2 Å². The van der Waals surface area contributed by atoms with Gasteiger partial charge in [0.05, 0.1) is 17.5 Å². The molecule has 1 fully saturated rings. The van der Waals surface area contributed by atoms with Gasteiger partial charge in [0.1, 0.15) is 0 Å². The van der Waals surface area contributed by atoms with Crippen LogP contribution < -0.4 is 9.47 Å². The average Bonchev–Trinajstić information content (AvgIpc) is 3.16. The molecule has 2 heterocycles. The van der Waals surface area contributed by atoms with Crippen molar-refractivity contribution in [1.29, 1.82) is 0 Å². The second-order valence-corrected chi connectivity index (χ2v) is 7.28. The number of carboxylic acid groups (broad SMARTS) is 1. The smallest absolute Gasteiger partial charge is 0.416 e. The minimum atomic E-state index is -4.40. The number of piperidine rings is 1. The Morgan fingerprint density at radius 3 is 2.24 bits per heavy atom. The number of ether oxygens (including phenoxy) is 2. The molecular weight excluding hydrogens is 387 g/mol. The first-order valence-corrected chi connectivity index (χ1v) is 9.36. The second-order valence-electron chi connectivity index (χ2n) is 7.28. The molecule has 2 aromatic rings. The molecule has 0 saturated carbocycles. The first-order valence-electron chi connectivity index (χ1n) is 9.36. The predicted molar refractivity (Wildman–Crippen MR) is 97.8 cm³/mol. The summed E-state index contributed by atoms with van der Waals surface area (Å²) < 4.78 is 49.7. The number of benzene rings is 2. The molecule has 2 aliphatic rings. The summed E-state index contributed by atoms with van der Waals surface area (Å²) >= 11 is 0. The van der Waals surface area contributed by atoms with Gasteiger partial charge in [0.2, 0.25) is 6.79 Å². The van der Waals surface area contributed by atoms with E-state index in [2.05, 4.69) is 4.90 Å². The maximum atomic E-state index is 13.0. The summed E-state index contributed by atoms with van der Waals surface area (Å²) in [5.74, 6) is 0.0272. The highest BCUT2D eigenvalue weighted by atomic mass is 19.4. The number of likely N-dealkylation sites (tertiary alicyclic amines) is 1. The standard InChI is InChI=1S/C21H20F3NO4/c22-21(23,24)16-4-1-13(2-5-16)19(25-9-7-14(8-10-25)20(26)27)15-3-6-17-18(11-15)29-12-28-17/h1-6,11,14,19H,7-10,12H2,(H,26,27). The van der Waals surface area contributed by atoms with Crippen molar-refractivity contribution in [1.82, 2.24) is 4.90 Å². The van der Waals surface area contributed by atoms with Crippen LogP contribution in [0.15, 0.2) is 42.5 Å². The van der Waals surface area contributed by atoms with Crippen molar-refractivity contribution in [3.8, 4) is 11.5 Å². The molecule has 29 heavy (non-hydrogen) atoms. The maximum absolute atomic E-state index is 13.0. The summed E-state index contributed by atoms with van der Waals surface area (Å²) in [6.07, 6.45) is -3.40. The lowest BCUT2D eigenvalue weighted by Crippen LogP contribution is -2.39. The lowest BCUT2D eigenvalue weighted by Gasteiger charge is -2.37. The first-order chi connectivity index (χ1) is 13.8. The van der Waals surface area contributed by atoms with Crippen molar-refractivity contribution >= 4 is 5.97 Å². The summed E-state index contributed by atoms with van der Waals surface area (Å²) in [7, 11) is 0. The van der Waals surface area contributed by atoms with Crippen LogP contribution >= 0.6 is 0 Å². The molecule has 1 N–H and O–H groups in total. The third-order valence-corrected chi connectivity index (χ3v) is 5.51. The number of hydrogen-bond acceptors (Lipinski definition) is 4. The van der Waals surface area contributed by atoms with Crippen LogP contribution in [-0.4, -0.2) is 35.9 Å². The first kappa shape index (κ1) is 19.6. The molecule has 0 aromatic heterocycles. The van der Waals surface area contributed by atoms with Crippen LogP contribution in [-0.2, 0) is 11.0 Å². The van der Waals surface area contributed by atoms with Gasteiger partial charge in [-0.15, -0.1) is 0 Å². The fourth-order valence-corrected chi connectivity index (χ4v) is 3.96. The number of carboxylic acids is 1. The number of fused-ring (bicyclic) bond motifs is 1. The van der Waals surface area contributed by atoms with Crippen LogP contribution in [0.5, 0.6) is 11.5 Å². The van der Waals surface area contributed by atoms with E-state index in [4.69, 9.17) is 9.47 Å². The zero-order chi connectivity index (χ0) is 20.6. The van der Waals surface area contributed by atoms with Crippen LogP contribution in [0.1, 0.15) is 35.6 Å². The summed E-state index contributed by atoms with van der Waals surface area (Å²) in [4.78, 5) is 13.4. The number of rotatable bonds is 4. The van der Waals surface area contributed by atoms with E-state index in [-0.39, 0.29) is 12.8 Å². The lowest BCUT2D eigenvalue weighted by atomic mass is 9.91. The molecule has 1 unspecified atom stereocenters. The molecule has 0 aliphatic carbocycles. The van der Waals surface area contributed by atoms with Crippen molar-refractivity contribution in [3.63, 3.8) is 0 Å². The van der Waals surface area contributed by atoms with E-state index in [9.17, 15) is 23.1 Å². The van der Waals surface area contributed by atoms with Crippen molar-refractivity contribution < 1.29 is 32.5 Å². The Morgan fingerprint density at radius 2 is 1.62 bits per heavy atom. The summed E-state index contributed by atoms with van der Waals surface area (Å²) in [5.41, 5.74) is 0.878. The average molecular weight is 407 g/mol. The Labute approximate surface area is 165 Å². The molecule has 4 rings (SSSR count). The molecule has 0 bridgehead atoms. The Bertz CT molecular complexity index is 890. The van der Waals surface area contributed by atoms with Gasteiger partial charge in [-0.2, -0.15) is 13.2 Å². The number of aliphatic carboxylic acids is 1. The number of carbonyl (C=O) groups is 1. The van der Waals surface area contributed by atoms with Crippen molar-refractivity contribution in [3.05, 3.63) is 59.2 Å². The SMILES string of the molecule is O=C(O)C1CCN(C(c2ccc(C(F)(F)F)cc2)c2ccc3c(c2)OCO3)CC1. The normalized spacial score (nSPS) is 18.6. The fraction of sp³-hybridized carbons (Fsp3) is 0.381. The highest BCUT2D eigenvalue weighted by molar-refractivity contribution is 5.70. The molecule has 5 nitrogen and oxygen atoms in total. The molecule has 154 valence electrons. The van der Waals surface area contributed by atoms with E-state index in [1.165, 1.54) is 12.1 Å². The molecule has 2 aliphatic heterocycles. The molecule has 0 amide bonds. The minimum absolute atomic E-state index is 0.133. The van der Waals surface area contributed by atoms with Gasteiger partial charge < -0.3 is 14.6 Å². The Kier molecular flexibility index (Phi) is 5.12. The molecule has 1 atom stereocenters. The second kappa shape index (κ2) is 7.59. The van der Waals surface area contributed by atoms with Crippen molar-refractivity contribution in [2.24, 2.45) is 5.92 Å².